The number of carbonyl (C=O) groups excluding carboxylic acids is 2. The van der Waals surface area contributed by atoms with Crippen LogP contribution in [0.15, 0.2) is 66.7 Å². The van der Waals surface area contributed by atoms with Crippen LogP contribution in [0.3, 0.4) is 0 Å². The molecule has 0 atom stereocenters. The maximum absolute atomic E-state index is 15.1. The topological polar surface area (TPSA) is 59.1 Å². The van der Waals surface area contributed by atoms with Gasteiger partial charge in [0.2, 0.25) is 0 Å². The number of nitrogens with zero attached hydrogens (tertiary/aromatic N) is 2. The summed E-state index contributed by atoms with van der Waals surface area (Å²) >= 11 is 0. The minimum absolute atomic E-state index is 0.0918. The van der Waals surface area contributed by atoms with Gasteiger partial charge >= 0.3 is 12.1 Å². The molecule has 1 aliphatic rings. The highest BCUT2D eigenvalue weighted by molar-refractivity contribution is 5.88. The normalized spacial score (nSPS) is 13.0. The fourth-order valence-electron chi connectivity index (χ4n) is 4.90. The number of carbonyl (C=O) groups is 2. The largest absolute Gasteiger partial charge is 0.466 e. The molecule has 0 N–H and O–H groups in total. The van der Waals surface area contributed by atoms with Crippen molar-refractivity contribution < 1.29 is 23.5 Å². The molecule has 1 amide bonds. The second-order valence-corrected chi connectivity index (χ2v) is 11.1. The first-order valence-electron chi connectivity index (χ1n) is 14.0. The molecule has 6 nitrogen and oxygen atoms in total. The zero-order chi connectivity index (χ0) is 28.7. The highest BCUT2D eigenvalue weighted by Gasteiger charge is 2.26. The summed E-state index contributed by atoms with van der Waals surface area (Å²) in [7, 11) is 0. The molecule has 4 rings (SSSR count). The quantitative estimate of drug-likeness (QED) is 0.265. The SMILES string of the molecule is CCOC(=O)CCc1ccc(N(Cc2ccc3c(c2)N(Cc2ccccc2)CCC3)C(=O)OC(C)(C)C)cc1F. The summed E-state index contributed by atoms with van der Waals surface area (Å²) in [6.45, 7) is 9.45. The van der Waals surface area contributed by atoms with Crippen LogP contribution >= 0.6 is 0 Å². The molecule has 3 aromatic carbocycles. The van der Waals surface area contributed by atoms with Gasteiger partial charge in [-0.15, -0.1) is 0 Å². The number of amides is 1. The molecule has 0 aromatic heterocycles. The average molecular weight is 547 g/mol. The number of fused-ring (bicyclic) bond motifs is 1. The van der Waals surface area contributed by atoms with Crippen LogP contribution in [-0.4, -0.2) is 30.8 Å². The van der Waals surface area contributed by atoms with Crippen molar-refractivity contribution in [2.75, 3.05) is 23.0 Å². The summed E-state index contributed by atoms with van der Waals surface area (Å²) in [5.41, 5.74) is 4.70. The lowest BCUT2D eigenvalue weighted by atomic mass is 9.98. The van der Waals surface area contributed by atoms with E-state index in [0.29, 0.717) is 11.3 Å². The lowest BCUT2D eigenvalue weighted by Crippen LogP contribution is -2.36. The fourth-order valence-corrected chi connectivity index (χ4v) is 4.90. The van der Waals surface area contributed by atoms with E-state index >= 15 is 4.39 Å². The Balaban J connectivity index is 1.59. The van der Waals surface area contributed by atoms with Gasteiger partial charge in [0.1, 0.15) is 11.4 Å². The third-order valence-corrected chi connectivity index (χ3v) is 6.79. The minimum Gasteiger partial charge on any atom is -0.466 e. The van der Waals surface area contributed by atoms with Crippen LogP contribution in [0.2, 0.25) is 0 Å². The lowest BCUT2D eigenvalue weighted by Gasteiger charge is -2.33. The molecule has 1 aliphatic heterocycles. The number of ether oxygens (including phenoxy) is 2. The summed E-state index contributed by atoms with van der Waals surface area (Å²) in [6, 6.07) is 21.4. The molecule has 0 saturated carbocycles. The molecule has 0 fully saturated rings. The van der Waals surface area contributed by atoms with Gasteiger partial charge in [0, 0.05) is 25.2 Å². The monoisotopic (exact) mass is 546 g/mol. The van der Waals surface area contributed by atoms with E-state index in [1.54, 1.807) is 19.1 Å². The highest BCUT2D eigenvalue weighted by Crippen LogP contribution is 2.31. The highest BCUT2D eigenvalue weighted by atomic mass is 19.1. The Hall–Kier alpha value is -3.87. The van der Waals surface area contributed by atoms with Gasteiger partial charge in [0.05, 0.1) is 18.8 Å². The number of esters is 1. The maximum atomic E-state index is 15.1. The Bertz CT molecular complexity index is 1320. The number of halogens is 1. The van der Waals surface area contributed by atoms with E-state index in [1.165, 1.54) is 22.1 Å². The van der Waals surface area contributed by atoms with Gasteiger partial charge in [-0.25, -0.2) is 9.18 Å². The zero-order valence-electron chi connectivity index (χ0n) is 23.9. The van der Waals surface area contributed by atoms with E-state index < -0.39 is 17.5 Å². The summed E-state index contributed by atoms with van der Waals surface area (Å²) in [5.74, 6) is -0.843. The zero-order valence-corrected chi connectivity index (χ0v) is 23.9. The van der Waals surface area contributed by atoms with Crippen molar-refractivity contribution in [1.82, 2.24) is 0 Å². The molecule has 0 bridgehead atoms. The molecule has 3 aromatic rings. The number of hydrogen-bond donors (Lipinski definition) is 0. The van der Waals surface area contributed by atoms with Crippen LogP contribution in [0.25, 0.3) is 0 Å². The third-order valence-electron chi connectivity index (χ3n) is 6.79. The lowest BCUT2D eigenvalue weighted by molar-refractivity contribution is -0.143. The molecule has 0 saturated heterocycles. The van der Waals surface area contributed by atoms with Crippen molar-refractivity contribution in [3.05, 3.63) is 94.8 Å². The second kappa shape index (κ2) is 13.0. The van der Waals surface area contributed by atoms with E-state index in [4.69, 9.17) is 9.47 Å². The first-order valence-corrected chi connectivity index (χ1v) is 14.0. The Kier molecular flexibility index (Phi) is 9.46. The third kappa shape index (κ3) is 7.84. The van der Waals surface area contributed by atoms with Gasteiger partial charge < -0.3 is 14.4 Å². The number of hydrogen-bond acceptors (Lipinski definition) is 5. The second-order valence-electron chi connectivity index (χ2n) is 11.1. The molecule has 212 valence electrons. The van der Waals surface area contributed by atoms with Crippen molar-refractivity contribution in [1.29, 1.82) is 0 Å². The Morgan fingerprint density at radius 1 is 1.00 bits per heavy atom. The molecule has 0 radical (unpaired) electrons. The predicted octanol–water partition coefficient (Wildman–Crippen LogP) is 7.22. The smallest absolute Gasteiger partial charge is 0.415 e. The van der Waals surface area contributed by atoms with Crippen molar-refractivity contribution >= 4 is 23.4 Å². The number of rotatable bonds is 9. The number of aryl methyl sites for hydroxylation is 2. The molecule has 1 heterocycles. The number of anilines is 2. The van der Waals surface area contributed by atoms with Crippen molar-refractivity contribution in [3.8, 4) is 0 Å². The van der Waals surface area contributed by atoms with E-state index in [2.05, 4.69) is 41.3 Å². The Labute approximate surface area is 236 Å². The summed E-state index contributed by atoms with van der Waals surface area (Å²) in [4.78, 5) is 28.9. The van der Waals surface area contributed by atoms with Gasteiger partial charge in [-0.3, -0.25) is 9.69 Å². The average Bonchev–Trinajstić information content (AvgIpc) is 2.91. The standard InChI is InChI=1S/C33H39FN2O4/c1-5-39-31(37)18-16-26-15-17-28(21-29(26)34)36(32(38)40-33(2,3)4)23-25-13-14-27-12-9-19-35(30(27)20-25)22-24-10-7-6-8-11-24/h6-8,10-11,13-15,17,20-21H,5,9,12,16,18-19,22-23H2,1-4H3. The molecular formula is C33H39FN2O4. The van der Waals surface area contributed by atoms with Crippen LogP contribution in [0.4, 0.5) is 20.6 Å². The van der Waals surface area contributed by atoms with Crippen LogP contribution in [0.1, 0.15) is 62.8 Å². The minimum atomic E-state index is -0.713. The van der Waals surface area contributed by atoms with E-state index in [-0.39, 0.29) is 32.0 Å². The Morgan fingerprint density at radius 3 is 2.48 bits per heavy atom. The van der Waals surface area contributed by atoms with Gasteiger partial charge in [-0.2, -0.15) is 0 Å². The fraction of sp³-hybridized carbons (Fsp3) is 0.394. The van der Waals surface area contributed by atoms with Crippen LogP contribution in [-0.2, 0) is 40.2 Å². The summed E-state index contributed by atoms with van der Waals surface area (Å²) < 4.78 is 25.8. The van der Waals surface area contributed by atoms with Gasteiger partial charge in [-0.1, -0.05) is 48.5 Å². The van der Waals surface area contributed by atoms with Crippen molar-refractivity contribution in [3.63, 3.8) is 0 Å². The molecule has 0 spiro atoms. The molecular weight excluding hydrogens is 507 g/mol. The Morgan fingerprint density at radius 2 is 1.77 bits per heavy atom. The van der Waals surface area contributed by atoms with Gasteiger partial charge in [0.15, 0.2) is 0 Å². The van der Waals surface area contributed by atoms with Crippen LogP contribution in [0, 0.1) is 5.82 Å². The first-order chi connectivity index (χ1) is 19.1. The van der Waals surface area contributed by atoms with Gasteiger partial charge in [0.25, 0.3) is 0 Å². The molecule has 7 heteroatoms. The van der Waals surface area contributed by atoms with E-state index in [1.807, 2.05) is 32.9 Å². The maximum Gasteiger partial charge on any atom is 0.415 e. The van der Waals surface area contributed by atoms with Crippen LogP contribution < -0.4 is 9.80 Å². The molecule has 0 aliphatic carbocycles. The summed E-state index contributed by atoms with van der Waals surface area (Å²) in [5, 5.41) is 0. The predicted molar refractivity (Wildman–Crippen MR) is 156 cm³/mol. The summed E-state index contributed by atoms with van der Waals surface area (Å²) in [6.07, 6.45) is 1.86. The number of benzene rings is 3. The first kappa shape index (κ1) is 29.1. The van der Waals surface area contributed by atoms with E-state index in [9.17, 15) is 9.59 Å². The van der Waals surface area contributed by atoms with Gasteiger partial charge in [-0.05, 0) is 87.4 Å². The van der Waals surface area contributed by atoms with E-state index in [0.717, 1.165) is 37.2 Å². The van der Waals surface area contributed by atoms with Crippen molar-refractivity contribution in [2.24, 2.45) is 0 Å². The molecule has 0 unspecified atom stereocenters. The molecule has 40 heavy (non-hydrogen) atoms. The van der Waals surface area contributed by atoms with Crippen molar-refractivity contribution in [2.45, 2.75) is 72.1 Å². The van der Waals surface area contributed by atoms with Crippen LogP contribution in [0.5, 0.6) is 0 Å².